The Hall–Kier alpha value is -2.97. The van der Waals surface area contributed by atoms with Crippen LogP contribution in [0.25, 0.3) is 11.4 Å². The van der Waals surface area contributed by atoms with Crippen LogP contribution < -0.4 is 4.74 Å². The molecule has 3 rings (SSSR count). The van der Waals surface area contributed by atoms with Gasteiger partial charge in [0.25, 0.3) is 0 Å². The van der Waals surface area contributed by atoms with Crippen molar-refractivity contribution in [3.05, 3.63) is 54.4 Å². The van der Waals surface area contributed by atoms with Crippen LogP contribution in [0.2, 0.25) is 0 Å². The van der Waals surface area contributed by atoms with Gasteiger partial charge in [0.2, 0.25) is 11.7 Å². The van der Waals surface area contributed by atoms with Gasteiger partial charge in [-0.15, -0.1) is 0 Å². The first-order chi connectivity index (χ1) is 11.5. The normalized spacial score (nSPS) is 11.5. The summed E-state index contributed by atoms with van der Waals surface area (Å²) in [7, 11) is 0. The Bertz CT molecular complexity index is 788. The van der Waals surface area contributed by atoms with Crippen LogP contribution in [0.15, 0.2) is 47.5 Å². The molecule has 0 aliphatic rings. The molecule has 0 aliphatic carbocycles. The van der Waals surface area contributed by atoms with Crippen molar-refractivity contribution in [1.29, 1.82) is 0 Å². The van der Waals surface area contributed by atoms with E-state index < -0.39 is 12.8 Å². The van der Waals surface area contributed by atoms with Gasteiger partial charge in [0.15, 0.2) is 6.61 Å². The van der Waals surface area contributed by atoms with Crippen molar-refractivity contribution in [2.45, 2.75) is 12.6 Å². The average Bonchev–Trinajstić information content (AvgIpc) is 3.02. The molecule has 0 bridgehead atoms. The van der Waals surface area contributed by atoms with Crippen LogP contribution in [-0.4, -0.2) is 32.9 Å². The fraction of sp³-hybridized carbons (Fsp3) is 0.200. The van der Waals surface area contributed by atoms with Crippen molar-refractivity contribution >= 4 is 0 Å². The van der Waals surface area contributed by atoms with E-state index in [2.05, 4.69) is 24.8 Å². The molecule has 2 aromatic heterocycles. The summed E-state index contributed by atoms with van der Waals surface area (Å²) in [5, 5.41) is 3.85. The SMILES string of the molecule is FC(F)(F)COc1ccc(-c2noc(Cc3cncnc3)n2)cc1. The molecule has 0 fully saturated rings. The highest BCUT2D eigenvalue weighted by molar-refractivity contribution is 5.55. The van der Waals surface area contributed by atoms with Crippen LogP contribution in [0.3, 0.4) is 0 Å². The molecule has 0 saturated heterocycles. The molecule has 0 aliphatic heterocycles. The van der Waals surface area contributed by atoms with Gasteiger partial charge in [-0.3, -0.25) is 0 Å². The first kappa shape index (κ1) is 15.9. The van der Waals surface area contributed by atoms with Gasteiger partial charge in [-0.05, 0) is 29.8 Å². The number of nitrogens with zero attached hydrogens (tertiary/aromatic N) is 4. The number of benzene rings is 1. The molecule has 0 radical (unpaired) electrons. The van der Waals surface area contributed by atoms with E-state index in [0.717, 1.165) is 5.56 Å². The third kappa shape index (κ3) is 4.28. The van der Waals surface area contributed by atoms with Gasteiger partial charge < -0.3 is 9.26 Å². The molecule has 9 heteroatoms. The Balaban J connectivity index is 1.67. The number of rotatable bonds is 5. The van der Waals surface area contributed by atoms with Crippen LogP contribution in [0.1, 0.15) is 11.5 Å². The molecule has 1 aromatic carbocycles. The van der Waals surface area contributed by atoms with Crippen molar-refractivity contribution in [3.63, 3.8) is 0 Å². The third-order valence-electron chi connectivity index (χ3n) is 2.95. The molecule has 3 aromatic rings. The van der Waals surface area contributed by atoms with Crippen LogP contribution in [0.5, 0.6) is 5.75 Å². The summed E-state index contributed by atoms with van der Waals surface area (Å²) in [5.41, 5.74) is 1.43. The summed E-state index contributed by atoms with van der Waals surface area (Å²) in [6.07, 6.45) is 0.724. The highest BCUT2D eigenvalue weighted by Crippen LogP contribution is 2.22. The minimum absolute atomic E-state index is 0.112. The number of alkyl halides is 3. The van der Waals surface area contributed by atoms with Gasteiger partial charge in [0, 0.05) is 18.0 Å². The topological polar surface area (TPSA) is 73.9 Å². The maximum Gasteiger partial charge on any atom is 0.422 e. The Morgan fingerprint density at radius 1 is 1.04 bits per heavy atom. The molecule has 6 nitrogen and oxygen atoms in total. The van der Waals surface area contributed by atoms with E-state index in [1.54, 1.807) is 24.5 Å². The summed E-state index contributed by atoms with van der Waals surface area (Å²) in [6.45, 7) is -1.34. The molecule has 0 N–H and O–H groups in total. The zero-order valence-electron chi connectivity index (χ0n) is 12.2. The Kier molecular flexibility index (Phi) is 4.41. The second-order valence-corrected chi connectivity index (χ2v) is 4.86. The predicted octanol–water partition coefficient (Wildman–Crippen LogP) is 3.06. The lowest BCUT2D eigenvalue weighted by Crippen LogP contribution is -2.19. The van der Waals surface area contributed by atoms with Crippen LogP contribution in [0.4, 0.5) is 13.2 Å². The molecular formula is C15H11F3N4O2. The number of ether oxygens (including phenoxy) is 1. The Labute approximate surface area is 134 Å². The quantitative estimate of drug-likeness (QED) is 0.713. The number of hydrogen-bond donors (Lipinski definition) is 0. The lowest BCUT2D eigenvalue weighted by Gasteiger charge is -2.08. The van der Waals surface area contributed by atoms with Crippen LogP contribution in [-0.2, 0) is 6.42 Å². The van der Waals surface area contributed by atoms with Crippen molar-refractivity contribution < 1.29 is 22.4 Å². The number of hydrogen-bond acceptors (Lipinski definition) is 6. The maximum absolute atomic E-state index is 12.1. The van der Waals surface area contributed by atoms with Gasteiger partial charge in [-0.2, -0.15) is 18.2 Å². The molecule has 0 spiro atoms. The van der Waals surface area contributed by atoms with E-state index in [9.17, 15) is 13.2 Å². The second kappa shape index (κ2) is 6.65. The van der Waals surface area contributed by atoms with Crippen molar-refractivity contribution in [3.8, 4) is 17.1 Å². The maximum atomic E-state index is 12.1. The minimum atomic E-state index is -4.37. The van der Waals surface area contributed by atoms with E-state index in [0.29, 0.717) is 23.7 Å². The van der Waals surface area contributed by atoms with E-state index in [-0.39, 0.29) is 5.75 Å². The van der Waals surface area contributed by atoms with Crippen molar-refractivity contribution in [2.24, 2.45) is 0 Å². The van der Waals surface area contributed by atoms with Crippen molar-refractivity contribution in [2.75, 3.05) is 6.61 Å². The van der Waals surface area contributed by atoms with E-state index in [4.69, 9.17) is 4.52 Å². The summed E-state index contributed by atoms with van der Waals surface area (Å²) in [6, 6.07) is 5.96. The zero-order valence-corrected chi connectivity index (χ0v) is 12.2. The number of halogens is 3. The Morgan fingerprint density at radius 2 is 1.75 bits per heavy atom. The number of aromatic nitrogens is 4. The van der Waals surface area contributed by atoms with E-state index >= 15 is 0 Å². The molecule has 2 heterocycles. The highest BCUT2D eigenvalue weighted by Gasteiger charge is 2.28. The summed E-state index contributed by atoms with van der Waals surface area (Å²) >= 11 is 0. The van der Waals surface area contributed by atoms with Crippen LogP contribution >= 0.6 is 0 Å². The highest BCUT2D eigenvalue weighted by atomic mass is 19.4. The fourth-order valence-electron chi connectivity index (χ4n) is 1.91. The molecule has 24 heavy (non-hydrogen) atoms. The van der Waals surface area contributed by atoms with Crippen molar-refractivity contribution in [1.82, 2.24) is 20.1 Å². The van der Waals surface area contributed by atoms with E-state index in [1.807, 2.05) is 0 Å². The van der Waals surface area contributed by atoms with E-state index in [1.165, 1.54) is 18.5 Å². The van der Waals surface area contributed by atoms with Gasteiger partial charge >= 0.3 is 6.18 Å². The van der Waals surface area contributed by atoms with Gasteiger partial charge in [-0.25, -0.2) is 9.97 Å². The predicted molar refractivity (Wildman–Crippen MR) is 76.1 cm³/mol. The molecule has 0 saturated carbocycles. The third-order valence-corrected chi connectivity index (χ3v) is 2.95. The molecule has 0 amide bonds. The molecule has 0 atom stereocenters. The molecule has 0 unspecified atom stereocenters. The first-order valence-electron chi connectivity index (χ1n) is 6.86. The summed E-state index contributed by atoms with van der Waals surface area (Å²) in [5.74, 6) is 0.836. The van der Waals surface area contributed by atoms with Gasteiger partial charge in [0.1, 0.15) is 12.1 Å². The monoisotopic (exact) mass is 336 g/mol. The van der Waals surface area contributed by atoms with Crippen LogP contribution in [0, 0.1) is 0 Å². The largest absolute Gasteiger partial charge is 0.484 e. The lowest BCUT2D eigenvalue weighted by molar-refractivity contribution is -0.153. The lowest BCUT2D eigenvalue weighted by atomic mass is 10.2. The summed E-state index contributed by atoms with van der Waals surface area (Å²) < 4.78 is 46.1. The molecular weight excluding hydrogens is 325 g/mol. The van der Waals surface area contributed by atoms with Gasteiger partial charge in [-0.1, -0.05) is 5.16 Å². The Morgan fingerprint density at radius 3 is 2.42 bits per heavy atom. The fourth-order valence-corrected chi connectivity index (χ4v) is 1.91. The standard InChI is InChI=1S/C15H11F3N4O2/c16-15(17,18)8-23-12-3-1-11(2-4-12)14-21-13(24-22-14)5-10-6-19-9-20-7-10/h1-4,6-7,9H,5,8H2. The zero-order chi connectivity index (χ0) is 17.0. The second-order valence-electron chi connectivity index (χ2n) is 4.86. The first-order valence-corrected chi connectivity index (χ1v) is 6.86. The average molecular weight is 336 g/mol. The smallest absolute Gasteiger partial charge is 0.422 e. The van der Waals surface area contributed by atoms with Gasteiger partial charge in [0.05, 0.1) is 6.42 Å². The summed E-state index contributed by atoms with van der Waals surface area (Å²) in [4.78, 5) is 12.0. The molecule has 124 valence electrons. The minimum Gasteiger partial charge on any atom is -0.484 e.